The Morgan fingerprint density at radius 1 is 0.545 bits per heavy atom. The summed E-state index contributed by atoms with van der Waals surface area (Å²) >= 11 is 2.83. The molecular formula is C19H39BrO2. The Bertz CT molecular complexity index is 214. The quantitative estimate of drug-likeness (QED) is 0.168. The summed E-state index contributed by atoms with van der Waals surface area (Å²) in [5.41, 5.74) is 0. The highest BCUT2D eigenvalue weighted by atomic mass is 79.9. The van der Waals surface area contributed by atoms with Crippen molar-refractivity contribution in [2.75, 3.05) is 0 Å². The van der Waals surface area contributed by atoms with Crippen LogP contribution in [0.5, 0.6) is 0 Å². The van der Waals surface area contributed by atoms with Crippen LogP contribution in [-0.4, -0.2) is 14.9 Å². The Morgan fingerprint density at radius 2 is 0.818 bits per heavy atom. The summed E-state index contributed by atoms with van der Waals surface area (Å²) in [4.78, 5) is 0. The Labute approximate surface area is 147 Å². The molecule has 0 rings (SSSR count). The van der Waals surface area contributed by atoms with Gasteiger partial charge in [-0.1, -0.05) is 103 Å². The lowest BCUT2D eigenvalue weighted by molar-refractivity contribution is -0.0753. The maximum Gasteiger partial charge on any atom is 0.221 e. The number of rotatable bonds is 17. The van der Waals surface area contributed by atoms with Gasteiger partial charge in [-0.05, 0) is 22.4 Å². The average Bonchev–Trinajstić information content (AvgIpc) is 2.45. The lowest BCUT2D eigenvalue weighted by Crippen LogP contribution is -2.17. The van der Waals surface area contributed by atoms with Gasteiger partial charge < -0.3 is 10.2 Å². The van der Waals surface area contributed by atoms with Crippen molar-refractivity contribution in [2.24, 2.45) is 0 Å². The molecule has 0 aliphatic rings. The first-order chi connectivity index (χ1) is 10.6. The molecule has 0 radical (unpaired) electrons. The van der Waals surface area contributed by atoms with Gasteiger partial charge in [-0.2, -0.15) is 0 Å². The summed E-state index contributed by atoms with van der Waals surface area (Å²) in [5, 5.41) is 18.2. The maximum absolute atomic E-state index is 9.11. The van der Waals surface area contributed by atoms with Gasteiger partial charge >= 0.3 is 0 Å². The molecule has 0 aromatic rings. The van der Waals surface area contributed by atoms with E-state index in [1.165, 1.54) is 89.9 Å². The molecule has 0 amide bonds. The molecule has 0 saturated carbocycles. The third-order valence-electron chi connectivity index (χ3n) is 4.35. The van der Waals surface area contributed by atoms with E-state index in [4.69, 9.17) is 10.2 Å². The second-order valence-electron chi connectivity index (χ2n) is 6.77. The smallest absolute Gasteiger partial charge is 0.221 e. The van der Waals surface area contributed by atoms with Crippen LogP contribution in [0.15, 0.2) is 0 Å². The number of hydrogen-bond donors (Lipinski definition) is 2. The van der Waals surface area contributed by atoms with E-state index in [2.05, 4.69) is 22.9 Å². The fourth-order valence-corrected chi connectivity index (χ4v) is 3.18. The normalized spacial score (nSPS) is 12.0. The lowest BCUT2D eigenvalue weighted by Gasteiger charge is -2.12. The molecule has 0 atom stereocenters. The number of aliphatic hydroxyl groups is 2. The second-order valence-corrected chi connectivity index (χ2v) is 8.04. The molecule has 2 N–H and O–H groups in total. The van der Waals surface area contributed by atoms with Crippen molar-refractivity contribution in [2.45, 2.75) is 121 Å². The molecule has 2 nitrogen and oxygen atoms in total. The molecule has 3 heteroatoms. The van der Waals surface area contributed by atoms with Crippen LogP contribution in [0.1, 0.15) is 116 Å². The summed E-state index contributed by atoms with van der Waals surface area (Å²) in [5.74, 6) is 0. The molecule has 134 valence electrons. The predicted molar refractivity (Wildman–Crippen MR) is 100 cm³/mol. The molecule has 0 aromatic carbocycles. The zero-order valence-corrected chi connectivity index (χ0v) is 16.4. The number of hydrogen-bond acceptors (Lipinski definition) is 2. The Balaban J connectivity index is 3.00. The fourth-order valence-electron chi connectivity index (χ4n) is 2.90. The van der Waals surface area contributed by atoms with Crippen molar-refractivity contribution in [3.05, 3.63) is 0 Å². The van der Waals surface area contributed by atoms with Crippen LogP contribution in [0, 0.1) is 0 Å². The number of unbranched alkanes of at least 4 members (excludes halogenated alkanes) is 15. The van der Waals surface area contributed by atoms with Crippen molar-refractivity contribution in [3.63, 3.8) is 0 Å². The molecule has 0 unspecified atom stereocenters. The standard InChI is InChI=1S/C19H39BrO2/c1-2-3-4-5-6-7-8-9-10-11-12-13-14-15-16-17-18-19(20,21)22/h21-22H,2-18H2,1H3. The Hall–Kier alpha value is 0.400. The van der Waals surface area contributed by atoms with Crippen molar-refractivity contribution in [1.82, 2.24) is 0 Å². The summed E-state index contributed by atoms with van der Waals surface area (Å²) in [6.45, 7) is 2.28. The van der Waals surface area contributed by atoms with Gasteiger partial charge in [0.2, 0.25) is 4.70 Å². The maximum atomic E-state index is 9.11. The minimum atomic E-state index is -1.65. The van der Waals surface area contributed by atoms with Crippen molar-refractivity contribution < 1.29 is 10.2 Å². The fraction of sp³-hybridized carbons (Fsp3) is 1.00. The molecular weight excluding hydrogens is 340 g/mol. The predicted octanol–water partition coefficient (Wildman–Crippen LogP) is 6.67. The zero-order chi connectivity index (χ0) is 16.5. The first-order valence-corrected chi connectivity index (χ1v) is 10.5. The van der Waals surface area contributed by atoms with Crippen LogP contribution in [0.2, 0.25) is 0 Å². The topological polar surface area (TPSA) is 40.5 Å². The molecule has 0 aromatic heterocycles. The molecule has 0 aliphatic heterocycles. The van der Waals surface area contributed by atoms with Gasteiger partial charge in [0.05, 0.1) is 0 Å². The van der Waals surface area contributed by atoms with Gasteiger partial charge in [0.1, 0.15) is 0 Å². The lowest BCUT2D eigenvalue weighted by atomic mass is 10.0. The van der Waals surface area contributed by atoms with Crippen LogP contribution in [0.3, 0.4) is 0 Å². The largest absolute Gasteiger partial charge is 0.357 e. The van der Waals surface area contributed by atoms with Crippen molar-refractivity contribution in [3.8, 4) is 0 Å². The van der Waals surface area contributed by atoms with Crippen LogP contribution in [0.4, 0.5) is 0 Å². The van der Waals surface area contributed by atoms with Crippen molar-refractivity contribution >= 4 is 15.9 Å². The first-order valence-electron chi connectivity index (χ1n) is 9.70. The van der Waals surface area contributed by atoms with E-state index < -0.39 is 4.70 Å². The minimum absolute atomic E-state index is 0.422. The molecule has 0 aliphatic carbocycles. The van der Waals surface area contributed by atoms with E-state index in [0.717, 1.165) is 12.8 Å². The van der Waals surface area contributed by atoms with E-state index in [0.29, 0.717) is 6.42 Å². The van der Waals surface area contributed by atoms with Gasteiger partial charge in [-0.15, -0.1) is 0 Å². The Morgan fingerprint density at radius 3 is 1.09 bits per heavy atom. The highest BCUT2D eigenvalue weighted by molar-refractivity contribution is 9.09. The van der Waals surface area contributed by atoms with Gasteiger partial charge in [0, 0.05) is 6.42 Å². The molecule has 0 spiro atoms. The van der Waals surface area contributed by atoms with E-state index >= 15 is 0 Å². The number of alkyl halides is 1. The molecule has 0 bridgehead atoms. The second kappa shape index (κ2) is 16.3. The van der Waals surface area contributed by atoms with Crippen LogP contribution >= 0.6 is 15.9 Å². The van der Waals surface area contributed by atoms with Crippen molar-refractivity contribution in [1.29, 1.82) is 0 Å². The van der Waals surface area contributed by atoms with Crippen LogP contribution < -0.4 is 0 Å². The summed E-state index contributed by atoms with van der Waals surface area (Å²) in [7, 11) is 0. The van der Waals surface area contributed by atoms with Crippen LogP contribution in [-0.2, 0) is 0 Å². The summed E-state index contributed by atoms with van der Waals surface area (Å²) < 4.78 is -1.65. The van der Waals surface area contributed by atoms with E-state index in [1.807, 2.05) is 0 Å². The van der Waals surface area contributed by atoms with Gasteiger partial charge in [-0.25, -0.2) is 0 Å². The Kier molecular flexibility index (Phi) is 16.6. The van der Waals surface area contributed by atoms with Gasteiger partial charge in [0.15, 0.2) is 0 Å². The SMILES string of the molecule is CCCCCCCCCCCCCCCCCCC(O)(O)Br. The first kappa shape index (κ1) is 22.4. The monoisotopic (exact) mass is 378 g/mol. The zero-order valence-electron chi connectivity index (χ0n) is 14.8. The molecule has 0 fully saturated rings. The number of halogens is 1. The highest BCUT2D eigenvalue weighted by Gasteiger charge is 2.15. The third kappa shape index (κ3) is 20.4. The van der Waals surface area contributed by atoms with E-state index in [-0.39, 0.29) is 0 Å². The summed E-state index contributed by atoms with van der Waals surface area (Å²) in [6.07, 6.45) is 21.8. The molecule has 0 heterocycles. The van der Waals surface area contributed by atoms with Gasteiger partial charge in [0.25, 0.3) is 0 Å². The average molecular weight is 379 g/mol. The molecule has 22 heavy (non-hydrogen) atoms. The summed E-state index contributed by atoms with van der Waals surface area (Å²) in [6, 6.07) is 0. The minimum Gasteiger partial charge on any atom is -0.357 e. The van der Waals surface area contributed by atoms with Crippen LogP contribution in [0.25, 0.3) is 0 Å². The van der Waals surface area contributed by atoms with E-state index in [9.17, 15) is 0 Å². The van der Waals surface area contributed by atoms with E-state index in [1.54, 1.807) is 0 Å². The third-order valence-corrected chi connectivity index (χ3v) is 4.74. The van der Waals surface area contributed by atoms with Gasteiger partial charge in [-0.3, -0.25) is 0 Å². The molecule has 0 saturated heterocycles. The highest BCUT2D eigenvalue weighted by Crippen LogP contribution is 2.19.